The lowest BCUT2D eigenvalue weighted by atomic mass is 10.1. The van der Waals surface area contributed by atoms with E-state index in [9.17, 15) is 13.2 Å². The molecule has 86 valence electrons. The van der Waals surface area contributed by atoms with Crippen LogP contribution in [0.2, 0.25) is 0 Å². The van der Waals surface area contributed by atoms with Crippen molar-refractivity contribution >= 4 is 16.0 Å². The summed E-state index contributed by atoms with van der Waals surface area (Å²) in [6.07, 6.45) is 2.35. The molecule has 0 aromatic rings. The standard InChI is InChI=1S/C9H15NO4S/c1-2-3-6-15(13,14)10-5-4-8(7-10)9(11)12/h2,8H,1,3-7H2,(H,11,12). The van der Waals surface area contributed by atoms with Crippen LogP contribution in [0.25, 0.3) is 0 Å². The number of allylic oxidation sites excluding steroid dienone is 1. The Kier molecular flexibility index (Phi) is 3.87. The van der Waals surface area contributed by atoms with Crippen LogP contribution in [0.3, 0.4) is 0 Å². The first-order valence-electron chi connectivity index (χ1n) is 4.79. The second-order valence-electron chi connectivity index (χ2n) is 3.58. The highest BCUT2D eigenvalue weighted by atomic mass is 32.2. The second-order valence-corrected chi connectivity index (χ2v) is 5.66. The molecule has 1 atom stereocenters. The van der Waals surface area contributed by atoms with E-state index in [-0.39, 0.29) is 12.3 Å². The Hall–Kier alpha value is -0.880. The van der Waals surface area contributed by atoms with Crippen LogP contribution in [0.1, 0.15) is 12.8 Å². The van der Waals surface area contributed by atoms with Crippen molar-refractivity contribution < 1.29 is 18.3 Å². The van der Waals surface area contributed by atoms with Gasteiger partial charge in [0.25, 0.3) is 0 Å². The molecule has 0 aromatic carbocycles. The summed E-state index contributed by atoms with van der Waals surface area (Å²) in [6, 6.07) is 0. The molecule has 1 aliphatic heterocycles. The van der Waals surface area contributed by atoms with Crippen LogP contribution in [0.5, 0.6) is 0 Å². The Bertz CT molecular complexity index is 349. The Balaban J connectivity index is 2.59. The van der Waals surface area contributed by atoms with Crippen molar-refractivity contribution in [2.75, 3.05) is 18.8 Å². The summed E-state index contributed by atoms with van der Waals surface area (Å²) in [4.78, 5) is 10.7. The molecule has 1 fully saturated rings. The summed E-state index contributed by atoms with van der Waals surface area (Å²) >= 11 is 0. The molecule has 5 nitrogen and oxygen atoms in total. The highest BCUT2D eigenvalue weighted by Crippen LogP contribution is 2.20. The molecule has 0 amide bonds. The number of aliphatic carboxylic acids is 1. The quantitative estimate of drug-likeness (QED) is 0.693. The van der Waals surface area contributed by atoms with Gasteiger partial charge in [0.2, 0.25) is 10.0 Å². The topological polar surface area (TPSA) is 74.7 Å². The van der Waals surface area contributed by atoms with E-state index in [1.807, 2.05) is 0 Å². The molecule has 1 N–H and O–H groups in total. The van der Waals surface area contributed by atoms with E-state index in [0.717, 1.165) is 0 Å². The van der Waals surface area contributed by atoms with Gasteiger partial charge in [-0.05, 0) is 12.8 Å². The molecule has 1 rings (SSSR count). The van der Waals surface area contributed by atoms with Crippen LogP contribution >= 0.6 is 0 Å². The van der Waals surface area contributed by atoms with Crippen molar-refractivity contribution in [2.45, 2.75) is 12.8 Å². The summed E-state index contributed by atoms with van der Waals surface area (Å²) < 4.78 is 24.5. The van der Waals surface area contributed by atoms with Gasteiger partial charge in [0.05, 0.1) is 11.7 Å². The highest BCUT2D eigenvalue weighted by Gasteiger charge is 2.34. The minimum atomic E-state index is -3.29. The zero-order valence-corrected chi connectivity index (χ0v) is 9.24. The monoisotopic (exact) mass is 233 g/mol. The van der Waals surface area contributed by atoms with E-state index in [1.54, 1.807) is 6.08 Å². The largest absolute Gasteiger partial charge is 0.481 e. The number of hydrogen-bond donors (Lipinski definition) is 1. The Morgan fingerprint density at radius 3 is 2.73 bits per heavy atom. The number of carboxylic acid groups (broad SMARTS) is 1. The van der Waals surface area contributed by atoms with E-state index < -0.39 is 21.9 Å². The van der Waals surface area contributed by atoms with Crippen molar-refractivity contribution in [2.24, 2.45) is 5.92 Å². The van der Waals surface area contributed by atoms with Gasteiger partial charge in [-0.1, -0.05) is 6.08 Å². The summed E-state index contributed by atoms with van der Waals surface area (Å²) in [5.41, 5.74) is 0. The Morgan fingerprint density at radius 1 is 1.60 bits per heavy atom. The number of carboxylic acids is 1. The Morgan fingerprint density at radius 2 is 2.27 bits per heavy atom. The van der Waals surface area contributed by atoms with Crippen LogP contribution in [0.4, 0.5) is 0 Å². The van der Waals surface area contributed by atoms with Crippen molar-refractivity contribution in [3.63, 3.8) is 0 Å². The number of rotatable bonds is 5. The number of nitrogens with zero attached hydrogens (tertiary/aromatic N) is 1. The summed E-state index contributed by atoms with van der Waals surface area (Å²) in [6.45, 7) is 3.88. The fourth-order valence-electron chi connectivity index (χ4n) is 1.54. The van der Waals surface area contributed by atoms with Gasteiger partial charge in [-0.25, -0.2) is 12.7 Å². The molecule has 0 spiro atoms. The number of hydrogen-bond acceptors (Lipinski definition) is 3. The van der Waals surface area contributed by atoms with Gasteiger partial charge in [-0.15, -0.1) is 6.58 Å². The maximum Gasteiger partial charge on any atom is 0.307 e. The summed E-state index contributed by atoms with van der Waals surface area (Å²) in [7, 11) is -3.29. The van der Waals surface area contributed by atoms with Gasteiger partial charge in [-0.3, -0.25) is 4.79 Å². The second kappa shape index (κ2) is 4.76. The normalized spacial score (nSPS) is 22.8. The molecule has 15 heavy (non-hydrogen) atoms. The molecule has 0 aliphatic carbocycles. The molecule has 0 radical (unpaired) electrons. The average molecular weight is 233 g/mol. The lowest BCUT2D eigenvalue weighted by molar-refractivity contribution is -0.141. The smallest absolute Gasteiger partial charge is 0.307 e. The average Bonchev–Trinajstić information content (AvgIpc) is 2.64. The first kappa shape index (κ1) is 12.2. The van der Waals surface area contributed by atoms with Crippen LogP contribution < -0.4 is 0 Å². The van der Waals surface area contributed by atoms with Crippen molar-refractivity contribution in [3.05, 3.63) is 12.7 Å². The molecular weight excluding hydrogens is 218 g/mol. The lowest BCUT2D eigenvalue weighted by Gasteiger charge is -2.14. The molecule has 1 unspecified atom stereocenters. The van der Waals surface area contributed by atoms with E-state index in [4.69, 9.17) is 5.11 Å². The van der Waals surface area contributed by atoms with Crippen LogP contribution in [0.15, 0.2) is 12.7 Å². The Labute approximate surface area is 89.4 Å². The van der Waals surface area contributed by atoms with Crippen molar-refractivity contribution in [1.82, 2.24) is 4.31 Å². The van der Waals surface area contributed by atoms with E-state index in [2.05, 4.69) is 6.58 Å². The van der Waals surface area contributed by atoms with Gasteiger partial charge in [0.15, 0.2) is 0 Å². The van der Waals surface area contributed by atoms with E-state index in [0.29, 0.717) is 19.4 Å². The number of carbonyl (C=O) groups is 1. The maximum absolute atomic E-state index is 11.6. The fraction of sp³-hybridized carbons (Fsp3) is 0.667. The minimum Gasteiger partial charge on any atom is -0.481 e. The van der Waals surface area contributed by atoms with Crippen LogP contribution in [-0.2, 0) is 14.8 Å². The maximum atomic E-state index is 11.6. The third-order valence-electron chi connectivity index (χ3n) is 2.47. The molecule has 1 heterocycles. The first-order chi connectivity index (χ1) is 6.97. The molecule has 1 saturated heterocycles. The van der Waals surface area contributed by atoms with Gasteiger partial charge in [-0.2, -0.15) is 0 Å². The predicted octanol–water partition coefficient (Wildman–Crippen LogP) is 0.299. The van der Waals surface area contributed by atoms with Crippen LogP contribution in [0, 0.1) is 5.92 Å². The summed E-state index contributed by atoms with van der Waals surface area (Å²) in [5.74, 6) is -1.46. The molecule has 0 aromatic heterocycles. The van der Waals surface area contributed by atoms with Crippen LogP contribution in [-0.4, -0.2) is 42.6 Å². The zero-order valence-electron chi connectivity index (χ0n) is 8.42. The summed E-state index contributed by atoms with van der Waals surface area (Å²) in [5, 5.41) is 8.74. The molecule has 1 aliphatic rings. The van der Waals surface area contributed by atoms with E-state index >= 15 is 0 Å². The molecule has 6 heteroatoms. The molecule has 0 bridgehead atoms. The van der Waals surface area contributed by atoms with Gasteiger partial charge in [0.1, 0.15) is 0 Å². The number of sulfonamides is 1. The lowest BCUT2D eigenvalue weighted by Crippen LogP contribution is -2.31. The van der Waals surface area contributed by atoms with E-state index in [1.165, 1.54) is 4.31 Å². The predicted molar refractivity (Wildman–Crippen MR) is 55.9 cm³/mol. The molecular formula is C9H15NO4S. The van der Waals surface area contributed by atoms with Gasteiger partial charge < -0.3 is 5.11 Å². The highest BCUT2D eigenvalue weighted by molar-refractivity contribution is 7.89. The third-order valence-corrected chi connectivity index (χ3v) is 4.34. The third kappa shape index (κ3) is 3.04. The fourth-order valence-corrected chi connectivity index (χ4v) is 3.06. The SMILES string of the molecule is C=CCCS(=O)(=O)N1CCC(C(=O)O)C1. The minimum absolute atomic E-state index is 0.0167. The van der Waals surface area contributed by atoms with Crippen molar-refractivity contribution in [1.29, 1.82) is 0 Å². The van der Waals surface area contributed by atoms with Crippen molar-refractivity contribution in [3.8, 4) is 0 Å². The van der Waals surface area contributed by atoms with Gasteiger partial charge in [0, 0.05) is 13.1 Å². The molecule has 0 saturated carbocycles. The zero-order chi connectivity index (χ0) is 11.5. The first-order valence-corrected chi connectivity index (χ1v) is 6.40. The van der Waals surface area contributed by atoms with Gasteiger partial charge >= 0.3 is 5.97 Å².